The Hall–Kier alpha value is -1.81. The van der Waals surface area contributed by atoms with Gasteiger partial charge in [0.2, 0.25) is 0 Å². The molecule has 0 aliphatic heterocycles. The smallest absolute Gasteiger partial charge is 0.121 e. The number of nitrogens with two attached hydrogens (primary N) is 1. The van der Waals surface area contributed by atoms with Gasteiger partial charge in [0.15, 0.2) is 0 Å². The number of aromatic nitrogens is 2. The second kappa shape index (κ2) is 4.14. The van der Waals surface area contributed by atoms with Gasteiger partial charge >= 0.3 is 0 Å². The lowest BCUT2D eigenvalue weighted by molar-refractivity contribution is 0.414. The van der Waals surface area contributed by atoms with Gasteiger partial charge in [0.05, 0.1) is 18.5 Å². The van der Waals surface area contributed by atoms with Gasteiger partial charge in [-0.15, -0.1) is 0 Å². The van der Waals surface area contributed by atoms with Gasteiger partial charge in [0.1, 0.15) is 5.75 Å². The van der Waals surface area contributed by atoms with E-state index < -0.39 is 0 Å². The Morgan fingerprint density at radius 1 is 1.40 bits per heavy atom. The number of methoxy groups -OCH3 is 1. The van der Waals surface area contributed by atoms with Crippen LogP contribution < -0.4 is 10.5 Å². The zero-order valence-electron chi connectivity index (χ0n) is 8.55. The van der Waals surface area contributed by atoms with E-state index in [2.05, 4.69) is 5.10 Å². The van der Waals surface area contributed by atoms with Gasteiger partial charge in [0.25, 0.3) is 0 Å². The Balaban J connectivity index is 2.35. The minimum absolute atomic E-state index is 0.455. The predicted molar refractivity (Wildman–Crippen MR) is 58.0 cm³/mol. The van der Waals surface area contributed by atoms with E-state index in [1.54, 1.807) is 11.8 Å². The van der Waals surface area contributed by atoms with Crippen molar-refractivity contribution < 1.29 is 4.74 Å². The first-order valence-electron chi connectivity index (χ1n) is 4.72. The Bertz CT molecular complexity index is 451. The largest absolute Gasteiger partial charge is 0.497 e. The molecule has 1 heterocycles. The molecule has 0 amide bonds. The maximum Gasteiger partial charge on any atom is 0.121 e. The van der Waals surface area contributed by atoms with E-state index in [0.717, 1.165) is 17.1 Å². The molecule has 0 unspecified atom stereocenters. The molecule has 78 valence electrons. The fraction of sp³-hybridized carbons (Fsp3) is 0.182. The molecule has 2 rings (SSSR count). The summed E-state index contributed by atoms with van der Waals surface area (Å²) in [5, 5.41) is 4.31. The number of hydrogen-bond acceptors (Lipinski definition) is 3. The van der Waals surface area contributed by atoms with Crippen LogP contribution in [0, 0.1) is 0 Å². The second-order valence-corrected chi connectivity index (χ2v) is 3.16. The summed E-state index contributed by atoms with van der Waals surface area (Å²) in [6, 6.07) is 9.62. The Morgan fingerprint density at radius 2 is 2.27 bits per heavy atom. The molecule has 2 aromatic rings. The van der Waals surface area contributed by atoms with E-state index in [-0.39, 0.29) is 0 Å². The van der Waals surface area contributed by atoms with Crippen LogP contribution in [-0.2, 0) is 6.54 Å². The molecular weight excluding hydrogens is 190 g/mol. The summed E-state index contributed by atoms with van der Waals surface area (Å²) in [6.07, 6.45) is 1.89. The molecule has 4 heteroatoms. The lowest BCUT2D eigenvalue weighted by Crippen LogP contribution is -2.00. The highest BCUT2D eigenvalue weighted by Crippen LogP contribution is 2.15. The van der Waals surface area contributed by atoms with Crippen LogP contribution in [-0.4, -0.2) is 16.9 Å². The van der Waals surface area contributed by atoms with Crippen molar-refractivity contribution in [2.75, 3.05) is 7.11 Å². The van der Waals surface area contributed by atoms with Crippen LogP contribution in [0.1, 0.15) is 5.69 Å². The molecule has 2 N–H and O–H groups in total. The van der Waals surface area contributed by atoms with Gasteiger partial charge < -0.3 is 10.5 Å². The van der Waals surface area contributed by atoms with Gasteiger partial charge in [-0.25, -0.2) is 4.68 Å². The minimum Gasteiger partial charge on any atom is -0.497 e. The first kappa shape index (κ1) is 9.73. The van der Waals surface area contributed by atoms with Crippen LogP contribution in [0.2, 0.25) is 0 Å². The maximum atomic E-state index is 5.50. The molecule has 4 nitrogen and oxygen atoms in total. The van der Waals surface area contributed by atoms with Crippen LogP contribution in [0.3, 0.4) is 0 Å². The third kappa shape index (κ3) is 1.99. The number of ether oxygens (including phenoxy) is 1. The summed E-state index contributed by atoms with van der Waals surface area (Å²) in [4.78, 5) is 0. The Kier molecular flexibility index (Phi) is 2.69. The van der Waals surface area contributed by atoms with Crippen LogP contribution >= 0.6 is 0 Å². The average molecular weight is 203 g/mol. The van der Waals surface area contributed by atoms with Gasteiger partial charge in [-0.2, -0.15) is 5.10 Å². The minimum atomic E-state index is 0.455. The summed E-state index contributed by atoms with van der Waals surface area (Å²) in [5.74, 6) is 0.817. The SMILES string of the molecule is COc1cccc(-n2ccc(CN)n2)c1. The van der Waals surface area contributed by atoms with Crippen molar-refractivity contribution in [3.63, 3.8) is 0 Å². The second-order valence-electron chi connectivity index (χ2n) is 3.16. The number of hydrogen-bond donors (Lipinski definition) is 1. The van der Waals surface area contributed by atoms with Crippen molar-refractivity contribution in [3.8, 4) is 11.4 Å². The molecule has 0 radical (unpaired) electrons. The van der Waals surface area contributed by atoms with Gasteiger partial charge in [0, 0.05) is 18.8 Å². The average Bonchev–Trinajstić information content (AvgIpc) is 2.78. The summed E-state index contributed by atoms with van der Waals surface area (Å²) in [5.41, 5.74) is 7.34. The van der Waals surface area contributed by atoms with Crippen LogP contribution in [0.25, 0.3) is 5.69 Å². The molecule has 0 spiro atoms. The van der Waals surface area contributed by atoms with Crippen LogP contribution in [0.4, 0.5) is 0 Å². The Labute approximate surface area is 88.3 Å². The molecule has 1 aromatic heterocycles. The number of nitrogens with zero attached hydrogens (tertiary/aromatic N) is 2. The van der Waals surface area contributed by atoms with Crippen molar-refractivity contribution in [1.29, 1.82) is 0 Å². The zero-order chi connectivity index (χ0) is 10.7. The standard InChI is InChI=1S/C11H13N3O/c1-15-11-4-2-3-10(7-11)14-6-5-9(8-12)13-14/h2-7H,8,12H2,1H3. The van der Waals surface area contributed by atoms with E-state index in [0.29, 0.717) is 6.54 Å². The highest BCUT2D eigenvalue weighted by molar-refractivity contribution is 5.38. The third-order valence-corrected chi connectivity index (χ3v) is 2.17. The predicted octanol–water partition coefficient (Wildman–Crippen LogP) is 1.34. The molecule has 0 bridgehead atoms. The van der Waals surface area contributed by atoms with Gasteiger partial charge in [-0.1, -0.05) is 6.07 Å². The number of rotatable bonds is 3. The highest BCUT2D eigenvalue weighted by atomic mass is 16.5. The Morgan fingerprint density at radius 3 is 2.93 bits per heavy atom. The first-order valence-corrected chi connectivity index (χ1v) is 4.72. The normalized spacial score (nSPS) is 10.3. The van der Waals surface area contributed by atoms with Crippen molar-refractivity contribution >= 4 is 0 Å². The lowest BCUT2D eigenvalue weighted by Gasteiger charge is -2.03. The maximum absolute atomic E-state index is 5.50. The van der Waals surface area contributed by atoms with Gasteiger partial charge in [-0.3, -0.25) is 0 Å². The molecule has 0 aliphatic rings. The van der Waals surface area contributed by atoms with Crippen molar-refractivity contribution in [3.05, 3.63) is 42.2 Å². The topological polar surface area (TPSA) is 53.1 Å². The third-order valence-electron chi connectivity index (χ3n) is 2.17. The van der Waals surface area contributed by atoms with E-state index in [1.165, 1.54) is 0 Å². The van der Waals surface area contributed by atoms with E-state index in [1.807, 2.05) is 36.5 Å². The summed E-state index contributed by atoms with van der Waals surface area (Å²) >= 11 is 0. The van der Waals surface area contributed by atoms with E-state index >= 15 is 0 Å². The van der Waals surface area contributed by atoms with Gasteiger partial charge in [-0.05, 0) is 18.2 Å². The number of benzene rings is 1. The van der Waals surface area contributed by atoms with Crippen molar-refractivity contribution in [2.45, 2.75) is 6.54 Å². The summed E-state index contributed by atoms with van der Waals surface area (Å²) < 4.78 is 6.93. The first-order chi connectivity index (χ1) is 7.33. The van der Waals surface area contributed by atoms with Crippen LogP contribution in [0.15, 0.2) is 36.5 Å². The zero-order valence-corrected chi connectivity index (χ0v) is 8.55. The van der Waals surface area contributed by atoms with Crippen molar-refractivity contribution in [1.82, 2.24) is 9.78 Å². The monoisotopic (exact) mass is 203 g/mol. The summed E-state index contributed by atoms with van der Waals surface area (Å²) in [7, 11) is 1.65. The molecular formula is C11H13N3O. The fourth-order valence-electron chi connectivity index (χ4n) is 1.37. The quantitative estimate of drug-likeness (QED) is 0.819. The molecule has 15 heavy (non-hydrogen) atoms. The summed E-state index contributed by atoms with van der Waals surface area (Å²) in [6.45, 7) is 0.455. The van der Waals surface area contributed by atoms with E-state index in [9.17, 15) is 0 Å². The lowest BCUT2D eigenvalue weighted by atomic mass is 10.3. The molecule has 0 atom stereocenters. The van der Waals surface area contributed by atoms with E-state index in [4.69, 9.17) is 10.5 Å². The van der Waals surface area contributed by atoms with Crippen LogP contribution in [0.5, 0.6) is 5.75 Å². The fourth-order valence-corrected chi connectivity index (χ4v) is 1.37. The molecule has 0 fully saturated rings. The molecule has 0 saturated carbocycles. The van der Waals surface area contributed by atoms with Crippen molar-refractivity contribution in [2.24, 2.45) is 5.73 Å². The highest BCUT2D eigenvalue weighted by Gasteiger charge is 2.00. The molecule has 0 aliphatic carbocycles. The molecule has 1 aromatic carbocycles. The molecule has 0 saturated heterocycles.